The molecule has 0 aromatic heterocycles. The average Bonchev–Trinajstić information content (AvgIpc) is 2.58. The Hall–Kier alpha value is -1.98. The van der Waals surface area contributed by atoms with Crippen molar-refractivity contribution in [2.75, 3.05) is 6.61 Å². The fraction of sp³-hybridized carbons (Fsp3) is 0.619. The number of benzene rings is 1. The minimum Gasteiger partial charge on any atom is -0.452 e. The Morgan fingerprint density at radius 3 is 2.30 bits per heavy atom. The lowest BCUT2D eigenvalue weighted by atomic mass is 9.48. The van der Waals surface area contributed by atoms with E-state index in [9.17, 15) is 18.4 Å². The molecule has 0 unspecified atom stereocenters. The summed E-state index contributed by atoms with van der Waals surface area (Å²) in [6.45, 7) is 1.58. The van der Waals surface area contributed by atoms with E-state index in [2.05, 4.69) is 5.32 Å². The first-order valence-corrected chi connectivity index (χ1v) is 9.76. The van der Waals surface area contributed by atoms with E-state index in [4.69, 9.17) is 4.74 Å². The fourth-order valence-corrected chi connectivity index (χ4v) is 6.01. The van der Waals surface area contributed by atoms with Crippen LogP contribution in [0.1, 0.15) is 55.8 Å². The van der Waals surface area contributed by atoms with Gasteiger partial charge in [0.15, 0.2) is 6.61 Å². The molecule has 4 saturated carbocycles. The van der Waals surface area contributed by atoms with Gasteiger partial charge in [0, 0.05) is 12.1 Å². The van der Waals surface area contributed by atoms with Gasteiger partial charge in [0.05, 0.1) is 5.56 Å². The van der Waals surface area contributed by atoms with E-state index in [0.717, 1.165) is 29.9 Å². The second-order valence-corrected chi connectivity index (χ2v) is 8.77. The van der Waals surface area contributed by atoms with Gasteiger partial charge >= 0.3 is 5.97 Å². The number of carbonyl (C=O) groups is 2. The number of esters is 1. The van der Waals surface area contributed by atoms with Crippen LogP contribution < -0.4 is 5.32 Å². The standard InChI is InChI=1S/C21H25F2NO3/c1-12(21-8-13-4-14(9-21)6-15(5-13)10-21)24-19(25)11-27-20(26)17-3-2-16(22)7-18(17)23/h2-3,7,12-15H,4-6,8-11H2,1H3,(H,24,25)/t12-,13?,14?,15?,21?/m1/s1. The molecule has 6 heteroatoms. The van der Waals surface area contributed by atoms with Crippen LogP contribution in [0.25, 0.3) is 0 Å². The van der Waals surface area contributed by atoms with Gasteiger partial charge < -0.3 is 10.1 Å². The Bertz CT molecular complexity index is 729. The molecule has 4 bridgehead atoms. The highest BCUT2D eigenvalue weighted by Gasteiger charge is 2.53. The zero-order valence-corrected chi connectivity index (χ0v) is 15.5. The maximum absolute atomic E-state index is 13.6. The van der Waals surface area contributed by atoms with Crippen molar-refractivity contribution in [1.29, 1.82) is 0 Å². The summed E-state index contributed by atoms with van der Waals surface area (Å²) in [5.74, 6) is -0.757. The first-order chi connectivity index (χ1) is 12.8. The molecule has 1 aromatic carbocycles. The summed E-state index contributed by atoms with van der Waals surface area (Å²) < 4.78 is 31.5. The normalized spacial score (nSPS) is 32.2. The highest BCUT2D eigenvalue weighted by Crippen LogP contribution is 2.61. The van der Waals surface area contributed by atoms with Gasteiger partial charge in [0.2, 0.25) is 0 Å². The van der Waals surface area contributed by atoms with E-state index < -0.39 is 24.2 Å². The maximum Gasteiger partial charge on any atom is 0.341 e. The maximum atomic E-state index is 13.6. The van der Waals surface area contributed by atoms with Crippen LogP contribution >= 0.6 is 0 Å². The van der Waals surface area contributed by atoms with Gasteiger partial charge in [-0.15, -0.1) is 0 Å². The third-order valence-corrected chi connectivity index (χ3v) is 6.87. The number of hydrogen-bond donors (Lipinski definition) is 1. The highest BCUT2D eigenvalue weighted by molar-refractivity contribution is 5.91. The third-order valence-electron chi connectivity index (χ3n) is 6.87. The van der Waals surface area contributed by atoms with E-state index in [0.29, 0.717) is 6.07 Å². The number of carbonyl (C=O) groups excluding carboxylic acids is 2. The lowest BCUT2D eigenvalue weighted by molar-refractivity contribution is -0.128. The molecule has 0 aliphatic heterocycles. The first kappa shape index (κ1) is 18.4. The molecule has 1 aromatic rings. The monoisotopic (exact) mass is 377 g/mol. The van der Waals surface area contributed by atoms with Gasteiger partial charge in [-0.1, -0.05) is 0 Å². The topological polar surface area (TPSA) is 55.4 Å². The summed E-state index contributed by atoms with van der Waals surface area (Å²) >= 11 is 0. The summed E-state index contributed by atoms with van der Waals surface area (Å²) in [4.78, 5) is 24.2. The predicted molar refractivity (Wildman–Crippen MR) is 94.9 cm³/mol. The molecule has 4 aliphatic rings. The second-order valence-electron chi connectivity index (χ2n) is 8.77. The number of hydrogen-bond acceptors (Lipinski definition) is 3. The zero-order chi connectivity index (χ0) is 19.2. The number of nitrogens with one attached hydrogen (secondary N) is 1. The number of halogens is 2. The summed E-state index contributed by atoms with van der Waals surface area (Å²) in [5, 5.41) is 3.00. The van der Waals surface area contributed by atoms with Crippen molar-refractivity contribution in [2.24, 2.45) is 23.2 Å². The molecule has 1 N–H and O–H groups in total. The van der Waals surface area contributed by atoms with Crippen molar-refractivity contribution in [3.05, 3.63) is 35.4 Å². The van der Waals surface area contributed by atoms with E-state index in [-0.39, 0.29) is 22.9 Å². The average molecular weight is 377 g/mol. The number of amides is 1. The molecule has 4 aliphatic carbocycles. The lowest BCUT2D eigenvalue weighted by Crippen LogP contribution is -2.56. The summed E-state index contributed by atoms with van der Waals surface area (Å²) in [6.07, 6.45) is 7.51. The largest absolute Gasteiger partial charge is 0.452 e. The van der Waals surface area contributed by atoms with Crippen LogP contribution in [-0.2, 0) is 9.53 Å². The van der Waals surface area contributed by atoms with Crippen LogP contribution in [0.15, 0.2) is 18.2 Å². The summed E-state index contributed by atoms with van der Waals surface area (Å²) in [5.41, 5.74) is -0.212. The predicted octanol–water partition coefficient (Wildman–Crippen LogP) is 3.84. The van der Waals surface area contributed by atoms with Crippen molar-refractivity contribution < 1.29 is 23.1 Å². The minimum atomic E-state index is -0.998. The molecule has 0 spiro atoms. The van der Waals surface area contributed by atoms with Gasteiger partial charge in [0.1, 0.15) is 11.6 Å². The van der Waals surface area contributed by atoms with Crippen molar-refractivity contribution in [2.45, 2.75) is 51.5 Å². The zero-order valence-electron chi connectivity index (χ0n) is 15.5. The molecule has 0 heterocycles. The fourth-order valence-electron chi connectivity index (χ4n) is 6.01. The van der Waals surface area contributed by atoms with E-state index >= 15 is 0 Å². The Morgan fingerprint density at radius 2 is 1.74 bits per heavy atom. The van der Waals surface area contributed by atoms with Crippen molar-refractivity contribution in [3.8, 4) is 0 Å². The number of rotatable bonds is 5. The molecule has 0 saturated heterocycles. The Morgan fingerprint density at radius 1 is 1.15 bits per heavy atom. The van der Waals surface area contributed by atoms with Gasteiger partial charge in [-0.05, 0) is 80.8 Å². The van der Waals surface area contributed by atoms with Crippen LogP contribution in [0.5, 0.6) is 0 Å². The smallest absolute Gasteiger partial charge is 0.341 e. The second kappa shape index (κ2) is 6.88. The first-order valence-electron chi connectivity index (χ1n) is 9.76. The minimum absolute atomic E-state index is 0.0275. The summed E-state index contributed by atoms with van der Waals surface area (Å²) in [6, 6.07) is 2.64. The lowest BCUT2D eigenvalue weighted by Gasteiger charge is -2.59. The Kier molecular flexibility index (Phi) is 4.68. The van der Waals surface area contributed by atoms with Crippen LogP contribution in [0.2, 0.25) is 0 Å². The summed E-state index contributed by atoms with van der Waals surface area (Å²) in [7, 11) is 0. The Balaban J connectivity index is 1.32. The van der Waals surface area contributed by atoms with E-state index in [1.165, 1.54) is 38.5 Å². The van der Waals surface area contributed by atoms with Gasteiger partial charge in [-0.2, -0.15) is 0 Å². The Labute approximate surface area is 157 Å². The van der Waals surface area contributed by atoms with Crippen LogP contribution in [0.3, 0.4) is 0 Å². The number of ether oxygens (including phenoxy) is 1. The molecule has 1 amide bonds. The molecule has 1 atom stereocenters. The SMILES string of the molecule is C[C@@H](NC(=O)COC(=O)c1ccc(F)cc1F)C12CC3CC(CC(C3)C1)C2. The molecular weight excluding hydrogens is 352 g/mol. The molecule has 0 radical (unpaired) electrons. The molecule has 27 heavy (non-hydrogen) atoms. The van der Waals surface area contributed by atoms with Crippen LogP contribution in [0, 0.1) is 34.8 Å². The molecule has 4 nitrogen and oxygen atoms in total. The molecule has 4 fully saturated rings. The van der Waals surface area contributed by atoms with Crippen LogP contribution in [-0.4, -0.2) is 24.5 Å². The van der Waals surface area contributed by atoms with Crippen LogP contribution in [0.4, 0.5) is 8.78 Å². The molecule has 146 valence electrons. The highest BCUT2D eigenvalue weighted by atomic mass is 19.1. The van der Waals surface area contributed by atoms with Gasteiger partial charge in [0.25, 0.3) is 5.91 Å². The van der Waals surface area contributed by atoms with Crippen molar-refractivity contribution in [1.82, 2.24) is 5.32 Å². The van der Waals surface area contributed by atoms with Gasteiger partial charge in [-0.25, -0.2) is 13.6 Å². The third kappa shape index (κ3) is 3.58. The molecular formula is C21H25F2NO3. The van der Waals surface area contributed by atoms with Crippen molar-refractivity contribution >= 4 is 11.9 Å². The van der Waals surface area contributed by atoms with Crippen molar-refractivity contribution in [3.63, 3.8) is 0 Å². The van der Waals surface area contributed by atoms with E-state index in [1.807, 2.05) is 6.92 Å². The van der Waals surface area contributed by atoms with Gasteiger partial charge in [-0.3, -0.25) is 4.79 Å². The quantitative estimate of drug-likeness (QED) is 0.793. The van der Waals surface area contributed by atoms with E-state index in [1.54, 1.807) is 0 Å². The molecule has 5 rings (SSSR count).